The molecule has 0 fully saturated rings. The molecule has 0 aliphatic rings. The first kappa shape index (κ1) is 52.9. The van der Waals surface area contributed by atoms with Gasteiger partial charge in [-0.2, -0.15) is 0 Å². The fourth-order valence-corrected chi connectivity index (χ4v) is 5.88. The van der Waals surface area contributed by atoms with Crippen molar-refractivity contribution < 1.29 is 42.4 Å². The minimum atomic E-state index is -4.42. The molecule has 0 aromatic heterocycles. The Kier molecular flexibility index (Phi) is 37.8. The average Bonchev–Trinajstić information content (AvgIpc) is 3.18. The second kappa shape index (κ2) is 40.1. The van der Waals surface area contributed by atoms with Crippen molar-refractivity contribution in [3.8, 4) is 0 Å². The molecule has 0 aliphatic carbocycles. The molecule has 10 nitrogen and oxygen atoms in total. The lowest BCUT2D eigenvalue weighted by molar-refractivity contribution is -0.161. The van der Waals surface area contributed by atoms with Crippen molar-refractivity contribution >= 4 is 25.5 Å². The third-order valence-electron chi connectivity index (χ3n) is 8.24. The van der Waals surface area contributed by atoms with Gasteiger partial charge in [-0.3, -0.25) is 23.4 Å². The van der Waals surface area contributed by atoms with Gasteiger partial charge in [-0.05, 0) is 83.1 Å². The van der Waals surface area contributed by atoms with Crippen molar-refractivity contribution in [3.05, 3.63) is 85.1 Å². The molecular weight excluding hydrogens is 729 g/mol. The lowest BCUT2D eigenvalue weighted by Gasteiger charge is -2.19. The Morgan fingerprint density at radius 1 is 0.607 bits per heavy atom. The number of unbranched alkanes of at least 4 members (excludes halogenated alkanes) is 10. The number of phosphoric ester groups is 1. The topological polar surface area (TPSA) is 151 Å². The summed E-state index contributed by atoms with van der Waals surface area (Å²) >= 11 is 0. The zero-order valence-corrected chi connectivity index (χ0v) is 35.5. The molecule has 2 atom stereocenters. The van der Waals surface area contributed by atoms with Crippen molar-refractivity contribution in [2.24, 2.45) is 5.73 Å². The third-order valence-corrected chi connectivity index (χ3v) is 9.23. The summed E-state index contributed by atoms with van der Waals surface area (Å²) in [6.45, 7) is 3.36. The molecule has 318 valence electrons. The lowest BCUT2D eigenvalue weighted by Crippen LogP contribution is -2.29. The summed E-state index contributed by atoms with van der Waals surface area (Å²) in [5.74, 6) is -0.851. The van der Waals surface area contributed by atoms with Crippen LogP contribution in [0.2, 0.25) is 0 Å². The van der Waals surface area contributed by atoms with E-state index in [4.69, 9.17) is 24.3 Å². The van der Waals surface area contributed by atoms with Crippen LogP contribution in [0.25, 0.3) is 0 Å². The SMILES string of the molecule is CC/C=C\C/C=C\C/C=C\C/C=C\C/C=C\CCCCCC(=O)O[C@H](COC(=O)CCCCCCCC(=O)/C=C/C=C\CCCCC)COP(=O)(O)OCCN. The van der Waals surface area contributed by atoms with E-state index in [1.54, 1.807) is 6.08 Å². The Morgan fingerprint density at radius 3 is 1.77 bits per heavy atom. The highest BCUT2D eigenvalue weighted by atomic mass is 31.2. The molecule has 0 saturated carbocycles. The van der Waals surface area contributed by atoms with Crippen molar-refractivity contribution in [2.75, 3.05) is 26.4 Å². The molecular formula is C45H74NO9P. The smallest absolute Gasteiger partial charge is 0.462 e. The van der Waals surface area contributed by atoms with Gasteiger partial charge in [-0.1, -0.05) is 131 Å². The Morgan fingerprint density at radius 2 is 1.14 bits per heavy atom. The zero-order chi connectivity index (χ0) is 41.2. The number of hydrogen-bond donors (Lipinski definition) is 2. The number of esters is 2. The van der Waals surface area contributed by atoms with E-state index in [0.717, 1.165) is 83.5 Å². The summed E-state index contributed by atoms with van der Waals surface area (Å²) in [6, 6.07) is 0. The van der Waals surface area contributed by atoms with E-state index in [1.807, 2.05) is 12.2 Å². The number of allylic oxidation sites excluding steroid dienone is 14. The summed E-state index contributed by atoms with van der Waals surface area (Å²) in [5, 5.41) is 0. The first-order valence-corrected chi connectivity index (χ1v) is 22.5. The zero-order valence-electron chi connectivity index (χ0n) is 34.6. The summed E-state index contributed by atoms with van der Waals surface area (Å²) in [5.41, 5.74) is 5.33. The minimum Gasteiger partial charge on any atom is -0.462 e. The molecule has 0 heterocycles. The maximum Gasteiger partial charge on any atom is 0.472 e. The van der Waals surface area contributed by atoms with Gasteiger partial charge in [0, 0.05) is 25.8 Å². The third kappa shape index (κ3) is 39.1. The second-order valence-electron chi connectivity index (χ2n) is 13.5. The van der Waals surface area contributed by atoms with Crippen LogP contribution in [-0.2, 0) is 37.5 Å². The van der Waals surface area contributed by atoms with Crippen LogP contribution in [0, 0.1) is 0 Å². The van der Waals surface area contributed by atoms with Crippen LogP contribution in [-0.4, -0.2) is 55.1 Å². The molecule has 0 aromatic carbocycles. The quantitative estimate of drug-likeness (QED) is 0.0154. The molecule has 11 heteroatoms. The number of hydrogen-bond acceptors (Lipinski definition) is 9. The number of carbonyl (C=O) groups is 3. The van der Waals surface area contributed by atoms with E-state index < -0.39 is 32.5 Å². The van der Waals surface area contributed by atoms with Crippen molar-refractivity contribution in [2.45, 2.75) is 155 Å². The molecule has 0 amide bonds. The van der Waals surface area contributed by atoms with Crippen LogP contribution in [0.1, 0.15) is 149 Å². The van der Waals surface area contributed by atoms with Gasteiger partial charge in [0.05, 0.1) is 13.2 Å². The number of rotatable bonds is 38. The molecule has 0 rings (SSSR count). The molecule has 3 N–H and O–H groups in total. The predicted octanol–water partition coefficient (Wildman–Crippen LogP) is 11.2. The molecule has 56 heavy (non-hydrogen) atoms. The van der Waals surface area contributed by atoms with E-state index in [-0.39, 0.29) is 38.4 Å². The molecule has 0 spiro atoms. The van der Waals surface area contributed by atoms with Gasteiger partial charge in [-0.25, -0.2) is 4.57 Å². The molecule has 0 bridgehead atoms. The Bertz CT molecular complexity index is 1250. The number of phosphoric acid groups is 1. The van der Waals surface area contributed by atoms with Crippen LogP contribution in [0.15, 0.2) is 85.1 Å². The number of ketones is 1. The van der Waals surface area contributed by atoms with Crippen LogP contribution >= 0.6 is 7.82 Å². The van der Waals surface area contributed by atoms with E-state index in [0.29, 0.717) is 19.3 Å². The standard InChI is InChI=1S/C45H74NO9P/c1-3-5-7-9-11-12-13-14-15-16-17-18-19-20-21-22-24-28-33-37-45(49)55-43(41-54-56(50,51)53-39-38-46)40-52-44(48)36-32-29-25-27-31-35-42(47)34-30-26-23-10-8-6-4-2/h5,7,11-12,14-15,17-18,20-21,23,26,30,34,43H,3-4,6,8-10,13,16,19,22,24-25,27-29,31-33,35-41,46H2,1-2H3,(H,50,51)/b7-5-,12-11-,15-14-,18-17-,21-20-,26-23-,34-30+/t43-/m1/s1. The highest BCUT2D eigenvalue weighted by Gasteiger charge is 2.26. The highest BCUT2D eigenvalue weighted by Crippen LogP contribution is 2.43. The summed E-state index contributed by atoms with van der Waals surface area (Å²) in [7, 11) is -4.42. The summed E-state index contributed by atoms with van der Waals surface area (Å²) in [4.78, 5) is 46.8. The van der Waals surface area contributed by atoms with Gasteiger partial charge in [0.2, 0.25) is 0 Å². The van der Waals surface area contributed by atoms with Crippen LogP contribution in [0.3, 0.4) is 0 Å². The van der Waals surface area contributed by atoms with Crippen molar-refractivity contribution in [1.29, 1.82) is 0 Å². The monoisotopic (exact) mass is 804 g/mol. The number of ether oxygens (including phenoxy) is 2. The van der Waals surface area contributed by atoms with Crippen molar-refractivity contribution in [1.82, 2.24) is 0 Å². The normalized spacial score (nSPS) is 14.1. The summed E-state index contributed by atoms with van der Waals surface area (Å²) < 4.78 is 32.6. The summed E-state index contributed by atoms with van der Waals surface area (Å²) in [6.07, 6.45) is 45.7. The van der Waals surface area contributed by atoms with E-state index in [2.05, 4.69) is 80.7 Å². The Balaban J connectivity index is 4.35. The average molecular weight is 804 g/mol. The number of nitrogens with two attached hydrogens (primary N) is 1. The lowest BCUT2D eigenvalue weighted by atomic mass is 10.1. The van der Waals surface area contributed by atoms with Crippen LogP contribution in [0.4, 0.5) is 0 Å². The maximum absolute atomic E-state index is 12.6. The highest BCUT2D eigenvalue weighted by molar-refractivity contribution is 7.47. The Labute approximate surface area is 339 Å². The Hall–Kier alpha value is -3.14. The van der Waals surface area contributed by atoms with Gasteiger partial charge in [0.1, 0.15) is 6.61 Å². The van der Waals surface area contributed by atoms with Crippen LogP contribution in [0.5, 0.6) is 0 Å². The molecule has 1 unspecified atom stereocenters. The van der Waals surface area contributed by atoms with E-state index in [9.17, 15) is 23.8 Å². The van der Waals surface area contributed by atoms with E-state index in [1.165, 1.54) is 19.3 Å². The van der Waals surface area contributed by atoms with Crippen LogP contribution < -0.4 is 5.73 Å². The van der Waals surface area contributed by atoms with E-state index >= 15 is 0 Å². The predicted molar refractivity (Wildman–Crippen MR) is 229 cm³/mol. The molecule has 0 aliphatic heterocycles. The van der Waals surface area contributed by atoms with Gasteiger partial charge >= 0.3 is 19.8 Å². The van der Waals surface area contributed by atoms with Gasteiger partial charge in [-0.15, -0.1) is 0 Å². The largest absolute Gasteiger partial charge is 0.472 e. The van der Waals surface area contributed by atoms with Gasteiger partial charge in [0.15, 0.2) is 11.9 Å². The molecule has 0 aromatic rings. The minimum absolute atomic E-state index is 0.0254. The molecule has 0 saturated heterocycles. The maximum atomic E-state index is 12.6. The van der Waals surface area contributed by atoms with Gasteiger partial charge in [0.25, 0.3) is 0 Å². The van der Waals surface area contributed by atoms with Gasteiger partial charge < -0.3 is 20.1 Å². The first-order valence-electron chi connectivity index (χ1n) is 21.0. The first-order chi connectivity index (χ1) is 27.2. The molecule has 0 radical (unpaired) electrons. The fourth-order valence-electron chi connectivity index (χ4n) is 5.11. The fraction of sp³-hybridized carbons (Fsp3) is 0.622. The number of carbonyl (C=O) groups excluding carboxylic acids is 3. The van der Waals surface area contributed by atoms with Crippen molar-refractivity contribution in [3.63, 3.8) is 0 Å². The second-order valence-corrected chi connectivity index (χ2v) is 15.0.